The van der Waals surface area contributed by atoms with E-state index in [0.29, 0.717) is 17.5 Å². The van der Waals surface area contributed by atoms with Crippen LogP contribution < -0.4 is 0 Å². The minimum absolute atomic E-state index is 0.0684. The maximum Gasteiger partial charge on any atom is 0.269 e. The van der Waals surface area contributed by atoms with Gasteiger partial charge in [-0.3, -0.25) is 19.6 Å². The van der Waals surface area contributed by atoms with Crippen molar-refractivity contribution in [1.29, 1.82) is 0 Å². The number of likely N-dealkylation sites (tertiary alicyclic amines) is 1. The SMILES string of the molecule is O=[N+]([O-])c1cccc(CSc2nnc(CN3CCCCC3)n2-c2ccc(F)cc2)c1. The van der Waals surface area contributed by atoms with Crippen molar-refractivity contribution in [3.63, 3.8) is 0 Å². The van der Waals surface area contributed by atoms with Crippen LogP contribution in [0.5, 0.6) is 0 Å². The second-order valence-corrected chi connectivity index (χ2v) is 8.21. The summed E-state index contributed by atoms with van der Waals surface area (Å²) < 4.78 is 15.4. The number of benzene rings is 2. The van der Waals surface area contributed by atoms with Gasteiger partial charge in [-0.15, -0.1) is 10.2 Å². The Kier molecular flexibility index (Phi) is 6.39. The van der Waals surface area contributed by atoms with Crippen molar-refractivity contribution in [2.75, 3.05) is 13.1 Å². The molecule has 7 nitrogen and oxygen atoms in total. The van der Waals surface area contributed by atoms with E-state index in [4.69, 9.17) is 0 Å². The summed E-state index contributed by atoms with van der Waals surface area (Å²) in [6.45, 7) is 2.75. The van der Waals surface area contributed by atoms with Crippen LogP contribution in [0.3, 0.4) is 0 Å². The van der Waals surface area contributed by atoms with Crippen LogP contribution in [-0.4, -0.2) is 37.7 Å². The molecule has 2 aromatic carbocycles. The van der Waals surface area contributed by atoms with Crippen molar-refractivity contribution >= 4 is 17.4 Å². The predicted octanol–water partition coefficient (Wildman–Crippen LogP) is 4.59. The first kappa shape index (κ1) is 20.5. The Morgan fingerprint density at radius 3 is 2.57 bits per heavy atom. The first-order chi connectivity index (χ1) is 14.6. The van der Waals surface area contributed by atoms with E-state index in [2.05, 4.69) is 15.1 Å². The van der Waals surface area contributed by atoms with Crippen LogP contribution in [0.1, 0.15) is 30.7 Å². The molecule has 0 amide bonds. The predicted molar refractivity (Wildman–Crippen MR) is 113 cm³/mol. The molecule has 3 aromatic rings. The lowest BCUT2D eigenvalue weighted by atomic mass is 10.1. The molecule has 156 valence electrons. The summed E-state index contributed by atoms with van der Waals surface area (Å²) in [7, 11) is 0. The lowest BCUT2D eigenvalue weighted by Crippen LogP contribution is -2.30. The number of non-ortho nitro benzene ring substituents is 1. The van der Waals surface area contributed by atoms with Crippen LogP contribution >= 0.6 is 11.8 Å². The van der Waals surface area contributed by atoms with E-state index in [-0.39, 0.29) is 11.5 Å². The Morgan fingerprint density at radius 2 is 1.83 bits per heavy atom. The van der Waals surface area contributed by atoms with Crippen LogP contribution in [0, 0.1) is 15.9 Å². The number of hydrogen-bond donors (Lipinski definition) is 0. The molecule has 0 radical (unpaired) electrons. The first-order valence-electron chi connectivity index (χ1n) is 9.89. The molecule has 0 N–H and O–H groups in total. The fourth-order valence-corrected chi connectivity index (χ4v) is 4.48. The van der Waals surface area contributed by atoms with E-state index in [1.165, 1.54) is 49.2 Å². The summed E-state index contributed by atoms with van der Waals surface area (Å²) in [4.78, 5) is 13.0. The van der Waals surface area contributed by atoms with Gasteiger partial charge in [0, 0.05) is 23.6 Å². The minimum atomic E-state index is -0.397. The second-order valence-electron chi connectivity index (χ2n) is 7.26. The maximum atomic E-state index is 13.5. The van der Waals surface area contributed by atoms with Gasteiger partial charge in [0.15, 0.2) is 11.0 Å². The molecule has 0 atom stereocenters. The highest BCUT2D eigenvalue weighted by Gasteiger charge is 2.19. The third kappa shape index (κ3) is 4.85. The second kappa shape index (κ2) is 9.36. The molecule has 0 unspecified atom stereocenters. The van der Waals surface area contributed by atoms with E-state index >= 15 is 0 Å². The molecule has 4 rings (SSSR count). The fraction of sp³-hybridized carbons (Fsp3) is 0.333. The quantitative estimate of drug-likeness (QED) is 0.312. The highest BCUT2D eigenvalue weighted by Crippen LogP contribution is 2.27. The van der Waals surface area contributed by atoms with Crippen molar-refractivity contribution in [2.45, 2.75) is 36.7 Å². The highest BCUT2D eigenvalue weighted by molar-refractivity contribution is 7.98. The van der Waals surface area contributed by atoms with Gasteiger partial charge in [0.05, 0.1) is 11.5 Å². The standard InChI is InChI=1S/C21H22FN5O2S/c22-17-7-9-18(10-8-17)26-20(14-25-11-2-1-3-12-25)23-24-21(26)30-15-16-5-4-6-19(13-16)27(28)29/h4-10,13H,1-3,11-12,14-15H2. The number of hydrogen-bond acceptors (Lipinski definition) is 6. The molecule has 1 saturated heterocycles. The van der Waals surface area contributed by atoms with Gasteiger partial charge in [0.25, 0.3) is 5.69 Å². The molecule has 9 heteroatoms. The van der Waals surface area contributed by atoms with Gasteiger partial charge >= 0.3 is 0 Å². The van der Waals surface area contributed by atoms with E-state index < -0.39 is 4.92 Å². The zero-order chi connectivity index (χ0) is 20.9. The summed E-state index contributed by atoms with van der Waals surface area (Å²) in [5, 5.41) is 20.5. The largest absolute Gasteiger partial charge is 0.296 e. The van der Waals surface area contributed by atoms with Crippen molar-refractivity contribution in [1.82, 2.24) is 19.7 Å². The zero-order valence-electron chi connectivity index (χ0n) is 16.4. The van der Waals surface area contributed by atoms with E-state index in [1.807, 2.05) is 10.6 Å². The number of nitro groups is 1. The topological polar surface area (TPSA) is 77.1 Å². The maximum absolute atomic E-state index is 13.5. The summed E-state index contributed by atoms with van der Waals surface area (Å²) in [6, 6.07) is 12.9. The third-order valence-corrected chi connectivity index (χ3v) is 6.09. The van der Waals surface area contributed by atoms with Crippen molar-refractivity contribution in [3.05, 3.63) is 75.9 Å². The summed E-state index contributed by atoms with van der Waals surface area (Å²) in [5.41, 5.74) is 1.70. The average Bonchev–Trinajstić information content (AvgIpc) is 3.16. The number of halogens is 1. The normalized spacial score (nSPS) is 14.7. The van der Waals surface area contributed by atoms with Crippen LogP contribution in [0.15, 0.2) is 53.7 Å². The Labute approximate surface area is 178 Å². The molecular weight excluding hydrogens is 405 g/mol. The molecule has 0 saturated carbocycles. The van der Waals surface area contributed by atoms with Gasteiger partial charge in [-0.25, -0.2) is 4.39 Å². The first-order valence-corrected chi connectivity index (χ1v) is 10.9. The molecule has 2 heterocycles. The van der Waals surface area contributed by atoms with E-state index in [1.54, 1.807) is 24.3 Å². The molecule has 1 aliphatic rings. The van der Waals surface area contributed by atoms with Gasteiger partial charge in [-0.2, -0.15) is 0 Å². The lowest BCUT2D eigenvalue weighted by Gasteiger charge is -2.26. The Hall–Kier alpha value is -2.78. The number of thioether (sulfide) groups is 1. The zero-order valence-corrected chi connectivity index (χ0v) is 17.2. The molecule has 1 fully saturated rings. The Bertz CT molecular complexity index is 1020. The van der Waals surface area contributed by atoms with Crippen molar-refractivity contribution < 1.29 is 9.31 Å². The summed E-state index contributed by atoms with van der Waals surface area (Å²) >= 11 is 1.46. The van der Waals surface area contributed by atoms with Gasteiger partial charge < -0.3 is 0 Å². The Morgan fingerprint density at radius 1 is 1.07 bits per heavy atom. The van der Waals surface area contributed by atoms with Crippen LogP contribution in [0.25, 0.3) is 5.69 Å². The highest BCUT2D eigenvalue weighted by atomic mass is 32.2. The van der Waals surface area contributed by atoms with Crippen LogP contribution in [0.4, 0.5) is 10.1 Å². The van der Waals surface area contributed by atoms with Gasteiger partial charge in [0.1, 0.15) is 5.82 Å². The van der Waals surface area contributed by atoms with E-state index in [9.17, 15) is 14.5 Å². The minimum Gasteiger partial charge on any atom is -0.296 e. The third-order valence-electron chi connectivity index (χ3n) is 5.09. The smallest absolute Gasteiger partial charge is 0.269 e. The fourth-order valence-electron chi connectivity index (χ4n) is 3.57. The number of aromatic nitrogens is 3. The molecular formula is C21H22FN5O2S. The molecule has 0 aliphatic carbocycles. The molecule has 30 heavy (non-hydrogen) atoms. The molecule has 0 spiro atoms. The molecule has 1 aromatic heterocycles. The number of rotatable bonds is 7. The number of nitrogens with zero attached hydrogens (tertiary/aromatic N) is 5. The van der Waals surface area contributed by atoms with Crippen LogP contribution in [-0.2, 0) is 12.3 Å². The van der Waals surface area contributed by atoms with Crippen LogP contribution in [0.2, 0.25) is 0 Å². The van der Waals surface area contributed by atoms with Gasteiger partial charge in [-0.05, 0) is 55.8 Å². The average molecular weight is 428 g/mol. The van der Waals surface area contributed by atoms with Gasteiger partial charge in [-0.1, -0.05) is 30.3 Å². The number of nitro benzene ring substituents is 1. The number of piperidine rings is 1. The molecule has 1 aliphatic heterocycles. The monoisotopic (exact) mass is 427 g/mol. The Balaban J connectivity index is 1.59. The van der Waals surface area contributed by atoms with Gasteiger partial charge in [0.2, 0.25) is 0 Å². The van der Waals surface area contributed by atoms with Crippen molar-refractivity contribution in [3.8, 4) is 5.69 Å². The van der Waals surface area contributed by atoms with Crippen molar-refractivity contribution in [2.24, 2.45) is 0 Å². The molecule has 0 bridgehead atoms. The summed E-state index contributed by atoms with van der Waals surface area (Å²) in [5.74, 6) is 1.03. The lowest BCUT2D eigenvalue weighted by molar-refractivity contribution is -0.384. The summed E-state index contributed by atoms with van der Waals surface area (Å²) in [6.07, 6.45) is 3.61. The van der Waals surface area contributed by atoms with E-state index in [0.717, 1.165) is 30.2 Å².